The molecule has 2 saturated heterocycles. The van der Waals surface area contributed by atoms with Crippen LogP contribution in [0.5, 0.6) is 11.5 Å². The van der Waals surface area contributed by atoms with Crippen LogP contribution >= 0.6 is 0 Å². The SMILES string of the molecule is COc1c(C)cc(C)c(C(=O)O)c1/C=C/C[C@@H]1OC(C)(C)O[C@@H]1C(O)/C=C\[C@@H](C)[C@H](C)O.COc1c(C)cc(C)c(C(=O)OCC[Si](C)(C)C)c1/C=C/C[C@@H]1OC(C)(C)O[C@@H]1C(/C=C\[C@@H](C)[C@H](C)O[Si](c1ccccc1)(c1ccccc1)C(C)(C)C)O[Si](C)(C)C(C)(C)C. The van der Waals surface area contributed by atoms with E-state index in [1.807, 2.05) is 59.8 Å². The lowest BCUT2D eigenvalue weighted by Gasteiger charge is -2.45. The molecule has 4 aromatic rings. The summed E-state index contributed by atoms with van der Waals surface area (Å²) < 4.78 is 57.5. The summed E-state index contributed by atoms with van der Waals surface area (Å²) in [6.45, 7) is 48.7. The van der Waals surface area contributed by atoms with E-state index in [9.17, 15) is 24.9 Å². The number of methoxy groups -OCH3 is 2. The first-order valence-electron chi connectivity index (χ1n) is 33.5. The minimum absolute atomic E-state index is 0.0333. The first-order valence-corrected chi connectivity index (χ1v) is 42.0. The predicted molar refractivity (Wildman–Crippen MR) is 390 cm³/mol. The van der Waals surface area contributed by atoms with Gasteiger partial charge in [0, 0.05) is 25.3 Å². The zero-order chi connectivity index (χ0) is 70.7. The summed E-state index contributed by atoms with van der Waals surface area (Å²) >= 11 is 0. The average molecular weight is 1350 g/mol. The van der Waals surface area contributed by atoms with Gasteiger partial charge in [-0.05, 0) is 156 Å². The van der Waals surface area contributed by atoms with E-state index in [4.69, 9.17) is 42.0 Å². The number of rotatable bonds is 27. The third-order valence-corrected chi connectivity index (χ3v) is 29.8. The van der Waals surface area contributed by atoms with Gasteiger partial charge in [-0.2, -0.15) is 0 Å². The monoisotopic (exact) mass is 1350 g/mol. The molecule has 10 atom stereocenters. The summed E-state index contributed by atoms with van der Waals surface area (Å²) in [5, 5.41) is 32.4. The number of aliphatic hydroxyl groups excluding tert-OH is 2. The maximum Gasteiger partial charge on any atom is 0.339 e. The summed E-state index contributed by atoms with van der Waals surface area (Å²) in [6.07, 6.45) is 12.7. The molecule has 14 nitrogen and oxygen atoms in total. The highest BCUT2D eigenvalue weighted by atomic mass is 28.4. The van der Waals surface area contributed by atoms with E-state index >= 15 is 0 Å². The fourth-order valence-corrected chi connectivity index (χ4v) is 18.8. The van der Waals surface area contributed by atoms with Crippen molar-refractivity contribution in [2.75, 3.05) is 20.8 Å². The molecule has 2 heterocycles. The predicted octanol–water partition coefficient (Wildman–Crippen LogP) is 16.1. The first kappa shape index (κ1) is 79.4. The molecule has 0 saturated carbocycles. The molecular weight excluding hydrogens is 1230 g/mol. The second-order valence-corrected chi connectivity index (χ2v) is 45.1. The van der Waals surface area contributed by atoms with Crippen molar-refractivity contribution in [2.45, 2.75) is 247 Å². The van der Waals surface area contributed by atoms with Crippen molar-refractivity contribution < 1.29 is 66.9 Å². The lowest BCUT2D eigenvalue weighted by molar-refractivity contribution is -0.152. The lowest BCUT2D eigenvalue weighted by Crippen LogP contribution is -2.67. The van der Waals surface area contributed by atoms with E-state index in [0.717, 1.165) is 28.3 Å². The van der Waals surface area contributed by atoms with Crippen LogP contribution in [0, 0.1) is 39.5 Å². The largest absolute Gasteiger partial charge is 0.496 e. The number of aromatic carboxylic acids is 1. The maximum absolute atomic E-state index is 13.7. The second kappa shape index (κ2) is 32.8. The summed E-state index contributed by atoms with van der Waals surface area (Å²) in [6, 6.07) is 26.3. The molecule has 2 unspecified atom stereocenters. The van der Waals surface area contributed by atoms with Crippen molar-refractivity contribution in [1.82, 2.24) is 0 Å². The van der Waals surface area contributed by atoms with E-state index in [1.165, 1.54) is 17.5 Å². The van der Waals surface area contributed by atoms with Crippen LogP contribution in [0.4, 0.5) is 0 Å². The Hall–Kier alpha value is -5.29. The summed E-state index contributed by atoms with van der Waals surface area (Å²) in [4.78, 5) is 25.5. The molecule has 0 spiro atoms. The number of hydrogen-bond acceptors (Lipinski definition) is 13. The molecule has 0 aliphatic carbocycles. The van der Waals surface area contributed by atoms with Gasteiger partial charge in [0.05, 0.1) is 56.4 Å². The van der Waals surface area contributed by atoms with E-state index in [2.05, 4.69) is 167 Å². The Morgan fingerprint density at radius 2 is 1.04 bits per heavy atom. The Balaban J connectivity index is 0.000000419. The number of esters is 1. The fraction of sp³-hybridized carbons (Fsp3) is 0.558. The Morgan fingerprint density at radius 1 is 0.596 bits per heavy atom. The molecule has 520 valence electrons. The first-order chi connectivity index (χ1) is 43.5. The number of hydrogen-bond donors (Lipinski definition) is 3. The van der Waals surface area contributed by atoms with Gasteiger partial charge >= 0.3 is 11.9 Å². The highest BCUT2D eigenvalue weighted by Crippen LogP contribution is 2.43. The van der Waals surface area contributed by atoms with Gasteiger partial charge in [-0.3, -0.25) is 0 Å². The van der Waals surface area contributed by atoms with Gasteiger partial charge in [0.2, 0.25) is 0 Å². The fourth-order valence-electron chi connectivity index (χ4n) is 12.0. The number of carbonyl (C=O) groups is 2. The maximum atomic E-state index is 13.7. The highest BCUT2D eigenvalue weighted by Gasteiger charge is 2.52. The van der Waals surface area contributed by atoms with Crippen LogP contribution in [0.25, 0.3) is 12.2 Å². The van der Waals surface area contributed by atoms with Gasteiger partial charge in [0.25, 0.3) is 8.32 Å². The van der Waals surface area contributed by atoms with Gasteiger partial charge in [0.15, 0.2) is 19.9 Å². The van der Waals surface area contributed by atoms with Crippen LogP contribution in [0.15, 0.2) is 109 Å². The molecule has 94 heavy (non-hydrogen) atoms. The molecule has 2 fully saturated rings. The van der Waals surface area contributed by atoms with E-state index < -0.39 is 72.8 Å². The van der Waals surface area contributed by atoms with Crippen molar-refractivity contribution in [2.24, 2.45) is 11.8 Å². The molecule has 17 heteroatoms. The summed E-state index contributed by atoms with van der Waals surface area (Å²) in [5.41, 5.74) is 5.26. The molecule has 0 bridgehead atoms. The lowest BCUT2D eigenvalue weighted by atomic mass is 9.96. The van der Waals surface area contributed by atoms with Crippen molar-refractivity contribution in [3.05, 3.63) is 154 Å². The number of aliphatic hydroxyl groups is 2. The molecule has 0 radical (unpaired) electrons. The topological polar surface area (TPSA) is 178 Å². The van der Waals surface area contributed by atoms with Crippen LogP contribution in [0.2, 0.25) is 48.9 Å². The molecule has 3 N–H and O–H groups in total. The third-order valence-electron chi connectivity index (χ3n) is 18.5. The minimum Gasteiger partial charge on any atom is -0.496 e. The van der Waals surface area contributed by atoms with Gasteiger partial charge < -0.3 is 57.3 Å². The molecule has 6 rings (SSSR count). The normalized spacial score (nSPS) is 20.7. The highest BCUT2D eigenvalue weighted by molar-refractivity contribution is 6.99. The smallest absolute Gasteiger partial charge is 0.339 e. The van der Waals surface area contributed by atoms with Crippen molar-refractivity contribution in [3.8, 4) is 11.5 Å². The molecule has 2 aliphatic rings. The van der Waals surface area contributed by atoms with Crippen molar-refractivity contribution in [1.29, 1.82) is 0 Å². The van der Waals surface area contributed by atoms with Crippen molar-refractivity contribution >= 4 is 59.2 Å². The Bertz CT molecular complexity index is 3220. The van der Waals surface area contributed by atoms with Crippen LogP contribution < -0.4 is 19.8 Å². The zero-order valence-corrected chi connectivity index (χ0v) is 64.5. The summed E-state index contributed by atoms with van der Waals surface area (Å²) in [7, 11) is -3.31. The number of ether oxygens (including phenoxy) is 7. The van der Waals surface area contributed by atoms with Crippen LogP contribution in [0.3, 0.4) is 0 Å². The van der Waals surface area contributed by atoms with Crippen LogP contribution in [0.1, 0.15) is 164 Å². The van der Waals surface area contributed by atoms with Crippen LogP contribution in [-0.4, -0.2) is 133 Å². The molecule has 0 amide bonds. The molecule has 2 aliphatic heterocycles. The van der Waals surface area contributed by atoms with Gasteiger partial charge in [0.1, 0.15) is 29.8 Å². The van der Waals surface area contributed by atoms with Crippen LogP contribution in [-0.2, 0) is 32.5 Å². The van der Waals surface area contributed by atoms with E-state index in [0.29, 0.717) is 47.6 Å². The van der Waals surface area contributed by atoms with E-state index in [1.54, 1.807) is 59.1 Å². The van der Waals surface area contributed by atoms with Gasteiger partial charge in [-0.25, -0.2) is 9.59 Å². The van der Waals surface area contributed by atoms with Gasteiger partial charge in [-0.1, -0.05) is 196 Å². The number of benzene rings is 4. The van der Waals surface area contributed by atoms with Crippen molar-refractivity contribution in [3.63, 3.8) is 0 Å². The van der Waals surface area contributed by atoms with Gasteiger partial charge in [-0.15, -0.1) is 0 Å². The number of carbonyl (C=O) groups excluding carboxylic acids is 1. The zero-order valence-electron chi connectivity index (χ0n) is 61.5. The standard InChI is InChI=1S/C52H80O7Si3.C25H36O7/c1-37(40(4)58-62(51(8,9)10,41-26-21-19-22-27-41)42-28-23-20-24-29-42)32-33-45(59-61(17,18)50(5,6)7)48-44(56-52(11,12)57-48)31-25-30-43-46(38(2)36-39(3)47(43)54-13)49(53)55-34-35-60(14,15)16;1-14(17(4)26)11-12-19(27)23-20(31-25(5,6)32-23)10-8-9-18-21(24(28)29)15(2)13-16(3)22(18)30-7/h19-30,32-33,36-37,40,44-45,48H,31,34-35H2,1-18H3;8-9,11-14,17,19-20,23,26-27H,10H2,1-7H3,(H,28,29)/b30-25+,33-32-;9-8+,12-11-/t37-,40+,44+,45?,48+;14-,17+,19?,20+,23-/m11/s1. The minimum atomic E-state index is -2.78. The Labute approximate surface area is 567 Å². The average Bonchev–Trinajstić information content (AvgIpc) is 1.00. The Kier molecular flexibility index (Phi) is 27.7. The molecule has 0 aromatic heterocycles. The number of carboxylic acids is 1. The number of carboxylic acid groups (broad SMARTS) is 1. The number of aryl methyl sites for hydroxylation is 4. The van der Waals surface area contributed by atoms with E-state index in [-0.39, 0.29) is 51.8 Å². The quantitative estimate of drug-likeness (QED) is 0.0292. The second-order valence-electron chi connectivity index (χ2n) is 30.5. The Morgan fingerprint density at radius 3 is 1.48 bits per heavy atom. The summed E-state index contributed by atoms with van der Waals surface area (Å²) in [5.74, 6) is -1.92. The molecule has 4 aromatic carbocycles. The molecular formula is C77H116O14Si3. The third kappa shape index (κ3) is 20.6.